The highest BCUT2D eigenvalue weighted by molar-refractivity contribution is 5.80. The summed E-state index contributed by atoms with van der Waals surface area (Å²) in [5, 5.41) is 11.1. The van der Waals surface area contributed by atoms with Crippen LogP contribution in [0.15, 0.2) is 29.5 Å². The number of carboxylic acid groups (broad SMARTS) is 1. The highest BCUT2D eigenvalue weighted by Gasteiger charge is 2.34. The number of carboxylic acids is 1. The van der Waals surface area contributed by atoms with Crippen LogP contribution < -0.4 is 10.8 Å². The Bertz CT molecular complexity index is 500. The van der Waals surface area contributed by atoms with Gasteiger partial charge in [0.1, 0.15) is 19.3 Å². The molecule has 5 nitrogen and oxygen atoms in total. The summed E-state index contributed by atoms with van der Waals surface area (Å²) >= 11 is 0. The molecule has 1 rings (SSSR count). The normalized spacial score (nSPS) is 19.1. The summed E-state index contributed by atoms with van der Waals surface area (Å²) in [6.45, 7) is 3.15. The van der Waals surface area contributed by atoms with Crippen molar-refractivity contribution < 1.29 is 14.4 Å². The zero-order chi connectivity index (χ0) is 19.8. The van der Waals surface area contributed by atoms with Crippen LogP contribution in [0.5, 0.6) is 0 Å². The fraction of sp³-hybridized carbons (Fsp3) is 0.727. The van der Waals surface area contributed by atoms with Gasteiger partial charge in [0.25, 0.3) is 0 Å². The molecule has 0 bridgehead atoms. The molecule has 154 valence electrons. The molecule has 5 heteroatoms. The summed E-state index contributed by atoms with van der Waals surface area (Å²) < 4.78 is 0.242. The maximum atomic E-state index is 11.1. The molecule has 1 aliphatic heterocycles. The molecule has 2 N–H and O–H groups in total. The topological polar surface area (TPSA) is 78.5 Å². The zero-order valence-electron chi connectivity index (χ0n) is 17.2. The lowest BCUT2D eigenvalue weighted by molar-refractivity contribution is -0.780. The van der Waals surface area contributed by atoms with Crippen LogP contribution in [0.4, 0.5) is 0 Å². The van der Waals surface area contributed by atoms with Crippen molar-refractivity contribution >= 4 is 11.8 Å². The fourth-order valence-electron chi connectivity index (χ4n) is 3.63. The van der Waals surface area contributed by atoms with Gasteiger partial charge in [-0.15, -0.1) is 0 Å². The van der Waals surface area contributed by atoms with E-state index in [2.05, 4.69) is 24.1 Å². The standard InChI is InChI=1S/C22H39N3O2/c1-2-3-4-5-6-7-8-9-10-11-12-13-14-15-21-24-17-19-25(21,18-16-23)20-22(26)27/h4-5,17,19H,2-3,6-16,18,20,23H2,1H3/b5-4+. The molecular formula is C22H39N3O2. The van der Waals surface area contributed by atoms with Gasteiger partial charge < -0.3 is 15.6 Å². The molecule has 0 aromatic heterocycles. The average molecular weight is 378 g/mol. The summed E-state index contributed by atoms with van der Waals surface area (Å²) in [5.74, 6) is -0.135. The molecule has 1 heterocycles. The fourth-order valence-corrected chi connectivity index (χ4v) is 3.63. The van der Waals surface area contributed by atoms with Gasteiger partial charge in [-0.05, 0) is 25.7 Å². The number of amidine groups is 1. The smallest absolute Gasteiger partial charge is 0.207 e. The molecular weight excluding hydrogens is 338 g/mol. The minimum Gasteiger partial charge on any atom is -0.544 e. The minimum atomic E-state index is -1.05. The molecule has 0 amide bonds. The minimum absolute atomic E-state index is 0.0693. The van der Waals surface area contributed by atoms with Crippen molar-refractivity contribution in [2.75, 3.05) is 19.6 Å². The molecule has 0 saturated heterocycles. The number of unbranched alkanes of at least 4 members (excludes halogenated alkanes) is 9. The van der Waals surface area contributed by atoms with E-state index in [-0.39, 0.29) is 11.0 Å². The van der Waals surface area contributed by atoms with Gasteiger partial charge in [0.2, 0.25) is 5.84 Å². The molecule has 0 radical (unpaired) electrons. The van der Waals surface area contributed by atoms with E-state index in [0.29, 0.717) is 13.1 Å². The number of allylic oxidation sites excluding steroid dienone is 2. The van der Waals surface area contributed by atoms with E-state index < -0.39 is 5.97 Å². The van der Waals surface area contributed by atoms with Gasteiger partial charge in [0.15, 0.2) is 0 Å². The molecule has 1 atom stereocenters. The summed E-state index contributed by atoms with van der Waals surface area (Å²) in [7, 11) is 0. The Hall–Kier alpha value is -1.46. The number of nitrogens with two attached hydrogens (primary N) is 1. The Morgan fingerprint density at radius 1 is 1.07 bits per heavy atom. The summed E-state index contributed by atoms with van der Waals surface area (Å²) in [4.78, 5) is 15.5. The Morgan fingerprint density at radius 2 is 1.70 bits per heavy atom. The van der Waals surface area contributed by atoms with E-state index in [1.807, 2.05) is 6.20 Å². The average Bonchev–Trinajstić information content (AvgIpc) is 3.00. The molecule has 0 saturated carbocycles. The molecule has 0 aromatic carbocycles. The number of aliphatic imine (C=N–C) groups is 1. The first kappa shape index (κ1) is 23.6. The number of aliphatic carboxylic acids is 1. The Morgan fingerprint density at radius 3 is 2.33 bits per heavy atom. The van der Waals surface area contributed by atoms with E-state index in [9.17, 15) is 9.90 Å². The SMILES string of the molecule is CCC/C=C/CCCCCCCCCCC1=NC=C[N+]1(CCN)CC(=O)[O-]. The molecule has 27 heavy (non-hydrogen) atoms. The Balaban J connectivity index is 2.08. The first-order valence-electron chi connectivity index (χ1n) is 10.8. The number of carbonyl (C=O) groups excluding carboxylic acids is 1. The van der Waals surface area contributed by atoms with E-state index in [1.54, 1.807) is 6.20 Å². The summed E-state index contributed by atoms with van der Waals surface area (Å²) in [6, 6.07) is 0. The lowest BCUT2D eigenvalue weighted by atomic mass is 10.1. The molecule has 0 spiro atoms. The molecule has 0 fully saturated rings. The van der Waals surface area contributed by atoms with Crippen LogP contribution in [0.25, 0.3) is 0 Å². The van der Waals surface area contributed by atoms with Crippen molar-refractivity contribution in [2.24, 2.45) is 10.7 Å². The third-order valence-corrected chi connectivity index (χ3v) is 5.17. The number of rotatable bonds is 17. The third-order valence-electron chi connectivity index (χ3n) is 5.17. The third kappa shape index (κ3) is 9.87. The van der Waals surface area contributed by atoms with E-state index in [4.69, 9.17) is 5.73 Å². The first-order valence-corrected chi connectivity index (χ1v) is 10.8. The van der Waals surface area contributed by atoms with Crippen molar-refractivity contribution in [1.82, 2.24) is 0 Å². The van der Waals surface area contributed by atoms with Gasteiger partial charge in [0, 0.05) is 13.0 Å². The van der Waals surface area contributed by atoms with E-state index >= 15 is 0 Å². The second-order valence-corrected chi connectivity index (χ2v) is 7.55. The number of hydrogen-bond acceptors (Lipinski definition) is 4. The predicted octanol–water partition coefficient (Wildman–Crippen LogP) is 3.65. The van der Waals surface area contributed by atoms with Crippen LogP contribution in [0.1, 0.15) is 84.0 Å². The molecule has 0 aliphatic carbocycles. The van der Waals surface area contributed by atoms with Gasteiger partial charge in [-0.2, -0.15) is 0 Å². The van der Waals surface area contributed by atoms with Crippen LogP contribution >= 0.6 is 0 Å². The maximum absolute atomic E-state index is 11.1. The van der Waals surface area contributed by atoms with Gasteiger partial charge in [0.05, 0.1) is 12.2 Å². The molecule has 0 aromatic rings. The van der Waals surface area contributed by atoms with Crippen LogP contribution in [0, 0.1) is 0 Å². The summed E-state index contributed by atoms with van der Waals surface area (Å²) in [5.41, 5.74) is 5.68. The van der Waals surface area contributed by atoms with Crippen molar-refractivity contribution in [1.29, 1.82) is 0 Å². The second kappa shape index (κ2) is 14.6. The number of carbonyl (C=O) groups is 1. The monoisotopic (exact) mass is 377 g/mol. The Kier molecular flexibility index (Phi) is 12.7. The first-order chi connectivity index (χ1) is 13.1. The highest BCUT2D eigenvalue weighted by atomic mass is 16.4. The zero-order valence-corrected chi connectivity index (χ0v) is 17.2. The number of nitrogens with zero attached hydrogens (tertiary/aromatic N) is 2. The van der Waals surface area contributed by atoms with Gasteiger partial charge in [-0.3, -0.25) is 0 Å². The lowest BCUT2D eigenvalue weighted by Gasteiger charge is -2.32. The van der Waals surface area contributed by atoms with Gasteiger partial charge in [-0.1, -0.05) is 64.0 Å². The number of hydrogen-bond donors (Lipinski definition) is 1. The quantitative estimate of drug-likeness (QED) is 0.239. The van der Waals surface area contributed by atoms with E-state index in [1.165, 1.54) is 64.2 Å². The van der Waals surface area contributed by atoms with Crippen LogP contribution in [0.3, 0.4) is 0 Å². The highest BCUT2D eigenvalue weighted by Crippen LogP contribution is 2.21. The van der Waals surface area contributed by atoms with Crippen molar-refractivity contribution in [2.45, 2.75) is 84.0 Å². The summed E-state index contributed by atoms with van der Waals surface area (Å²) in [6.07, 6.45) is 22.8. The lowest BCUT2D eigenvalue weighted by Crippen LogP contribution is -2.55. The van der Waals surface area contributed by atoms with Gasteiger partial charge in [-0.25, -0.2) is 9.48 Å². The van der Waals surface area contributed by atoms with Gasteiger partial charge >= 0.3 is 0 Å². The van der Waals surface area contributed by atoms with Crippen molar-refractivity contribution in [3.05, 3.63) is 24.6 Å². The van der Waals surface area contributed by atoms with Crippen LogP contribution in [-0.4, -0.2) is 35.9 Å². The van der Waals surface area contributed by atoms with Crippen molar-refractivity contribution in [3.8, 4) is 0 Å². The predicted molar refractivity (Wildman–Crippen MR) is 111 cm³/mol. The largest absolute Gasteiger partial charge is 0.544 e. The van der Waals surface area contributed by atoms with E-state index in [0.717, 1.165) is 18.7 Å². The molecule has 1 unspecified atom stereocenters. The molecule has 1 aliphatic rings. The number of quaternary nitrogens is 1. The Labute approximate surface area is 165 Å². The van der Waals surface area contributed by atoms with Crippen LogP contribution in [0.2, 0.25) is 0 Å². The second-order valence-electron chi connectivity index (χ2n) is 7.55. The maximum Gasteiger partial charge on any atom is 0.207 e. The van der Waals surface area contributed by atoms with Crippen LogP contribution in [-0.2, 0) is 4.79 Å². The van der Waals surface area contributed by atoms with Crippen molar-refractivity contribution in [3.63, 3.8) is 0 Å².